The summed E-state index contributed by atoms with van der Waals surface area (Å²) in [5.41, 5.74) is 2.12. The molecule has 1 aromatic carbocycles. The van der Waals surface area contributed by atoms with E-state index >= 15 is 0 Å². The third-order valence-corrected chi connectivity index (χ3v) is 3.72. The van der Waals surface area contributed by atoms with Gasteiger partial charge in [-0.05, 0) is 30.7 Å². The van der Waals surface area contributed by atoms with Crippen molar-refractivity contribution in [3.05, 3.63) is 28.8 Å². The highest BCUT2D eigenvalue weighted by molar-refractivity contribution is 6.33. The highest BCUT2D eigenvalue weighted by atomic mass is 35.5. The van der Waals surface area contributed by atoms with E-state index in [1.807, 2.05) is 31.0 Å². The van der Waals surface area contributed by atoms with Crippen molar-refractivity contribution >= 4 is 23.2 Å². The Morgan fingerprint density at radius 2 is 2.14 bits per heavy atom. The Hall–Kier alpha value is -1.26. The van der Waals surface area contributed by atoms with E-state index < -0.39 is 0 Å². The van der Waals surface area contributed by atoms with Crippen LogP contribution in [0.15, 0.2) is 18.2 Å². The second-order valence-electron chi connectivity index (χ2n) is 5.36. The highest BCUT2D eigenvalue weighted by Gasteiger charge is 2.15. The number of hydrogen-bond donors (Lipinski definition) is 2. The second-order valence-corrected chi connectivity index (χ2v) is 5.77. The van der Waals surface area contributed by atoms with Gasteiger partial charge in [0.1, 0.15) is 0 Å². The largest absolute Gasteiger partial charge is 0.373 e. The first-order chi connectivity index (χ1) is 9.99. The molecule has 0 saturated heterocycles. The summed E-state index contributed by atoms with van der Waals surface area (Å²) in [5.74, 6) is -0.0414. The van der Waals surface area contributed by atoms with Crippen molar-refractivity contribution in [2.45, 2.75) is 26.8 Å². The molecule has 2 N–H and O–H groups in total. The monoisotopic (exact) mass is 311 g/mol. The highest BCUT2D eigenvalue weighted by Crippen LogP contribution is 2.26. The Balaban J connectivity index is 2.68. The molecule has 1 atom stereocenters. The quantitative estimate of drug-likeness (QED) is 0.726. The Labute approximate surface area is 132 Å². The van der Waals surface area contributed by atoms with Crippen molar-refractivity contribution in [2.24, 2.45) is 5.92 Å². The lowest BCUT2D eigenvalue weighted by molar-refractivity contribution is -0.123. The molecule has 0 heterocycles. The van der Waals surface area contributed by atoms with E-state index in [2.05, 4.69) is 23.6 Å². The smallest absolute Gasteiger partial charge is 0.224 e. The number of hydrogen-bond acceptors (Lipinski definition) is 3. The molecule has 1 amide bonds. The van der Waals surface area contributed by atoms with Crippen molar-refractivity contribution in [2.75, 3.05) is 32.1 Å². The molecule has 118 valence electrons. The van der Waals surface area contributed by atoms with Crippen LogP contribution in [0.2, 0.25) is 5.02 Å². The van der Waals surface area contributed by atoms with Crippen LogP contribution in [-0.2, 0) is 11.3 Å². The third-order valence-electron chi connectivity index (χ3n) is 3.42. The van der Waals surface area contributed by atoms with E-state index in [4.69, 9.17) is 11.6 Å². The first kappa shape index (κ1) is 17.8. The normalized spacial score (nSPS) is 12.0. The molecule has 1 rings (SSSR count). The molecular weight excluding hydrogens is 286 g/mol. The fraction of sp³-hybridized carbons (Fsp3) is 0.562. The fourth-order valence-corrected chi connectivity index (χ4v) is 2.57. The number of carbonyl (C=O) groups is 1. The van der Waals surface area contributed by atoms with Gasteiger partial charge in [0.15, 0.2) is 0 Å². The van der Waals surface area contributed by atoms with Gasteiger partial charge < -0.3 is 15.5 Å². The van der Waals surface area contributed by atoms with Crippen LogP contribution in [0, 0.1) is 5.92 Å². The number of amides is 1. The summed E-state index contributed by atoms with van der Waals surface area (Å²) in [5, 5.41) is 6.74. The van der Waals surface area contributed by atoms with Crippen molar-refractivity contribution in [3.8, 4) is 0 Å². The molecule has 0 aliphatic rings. The number of rotatable bonds is 8. The van der Waals surface area contributed by atoms with Crippen molar-refractivity contribution < 1.29 is 4.79 Å². The minimum Gasteiger partial charge on any atom is -0.373 e. The second kappa shape index (κ2) is 8.90. The number of carbonyl (C=O) groups excluding carboxylic acids is 1. The minimum absolute atomic E-state index is 0.0401. The number of nitrogens with one attached hydrogen (secondary N) is 2. The van der Waals surface area contributed by atoms with Gasteiger partial charge >= 0.3 is 0 Å². The molecule has 21 heavy (non-hydrogen) atoms. The molecule has 0 aliphatic heterocycles. The van der Waals surface area contributed by atoms with Crippen LogP contribution >= 0.6 is 11.6 Å². The summed E-state index contributed by atoms with van der Waals surface area (Å²) in [4.78, 5) is 13.6. The maximum atomic E-state index is 11.6. The van der Waals surface area contributed by atoms with Crippen LogP contribution in [0.5, 0.6) is 0 Å². The zero-order valence-electron chi connectivity index (χ0n) is 13.4. The molecule has 0 saturated carbocycles. The van der Waals surface area contributed by atoms with Gasteiger partial charge in [0, 0.05) is 27.2 Å². The number of benzene rings is 1. The molecule has 5 heteroatoms. The van der Waals surface area contributed by atoms with Crippen LogP contribution in [-0.4, -0.2) is 33.1 Å². The van der Waals surface area contributed by atoms with Gasteiger partial charge in [0.25, 0.3) is 0 Å². The Morgan fingerprint density at radius 3 is 2.71 bits per heavy atom. The Kier molecular flexibility index (Phi) is 7.54. The zero-order chi connectivity index (χ0) is 15.8. The van der Waals surface area contributed by atoms with E-state index in [0.717, 1.165) is 30.2 Å². The van der Waals surface area contributed by atoms with Crippen molar-refractivity contribution in [1.82, 2.24) is 10.6 Å². The molecule has 0 spiro atoms. The minimum atomic E-state index is -0.0815. The van der Waals surface area contributed by atoms with Gasteiger partial charge in [-0.15, -0.1) is 0 Å². The number of halogens is 1. The summed E-state index contributed by atoms with van der Waals surface area (Å²) in [7, 11) is 3.61. The maximum Gasteiger partial charge on any atom is 0.224 e. The first-order valence-electron chi connectivity index (χ1n) is 7.41. The van der Waals surface area contributed by atoms with Crippen LogP contribution in [0.1, 0.15) is 25.8 Å². The summed E-state index contributed by atoms with van der Waals surface area (Å²) in [6.07, 6.45) is 1.12. The Bertz CT molecular complexity index is 465. The number of anilines is 1. The third kappa shape index (κ3) is 5.56. The number of nitrogens with zero attached hydrogens (tertiary/aromatic N) is 1. The molecule has 1 aromatic rings. The predicted octanol–water partition coefficient (Wildman–Crippen LogP) is 2.66. The van der Waals surface area contributed by atoms with E-state index in [9.17, 15) is 4.79 Å². The van der Waals surface area contributed by atoms with Gasteiger partial charge in [0.2, 0.25) is 5.91 Å². The lowest BCUT2D eigenvalue weighted by atomic mass is 10.1. The van der Waals surface area contributed by atoms with Crippen molar-refractivity contribution in [1.29, 1.82) is 0 Å². The fourth-order valence-electron chi connectivity index (χ4n) is 2.22. The molecule has 0 aromatic heterocycles. The van der Waals surface area contributed by atoms with Crippen molar-refractivity contribution in [3.63, 3.8) is 0 Å². The molecular formula is C16H26ClN3O. The van der Waals surface area contributed by atoms with Gasteiger partial charge in [-0.2, -0.15) is 0 Å². The van der Waals surface area contributed by atoms with E-state index in [1.165, 1.54) is 5.56 Å². The van der Waals surface area contributed by atoms with Crippen LogP contribution in [0.25, 0.3) is 0 Å². The SMILES string of the molecule is CCCNCc1ccc(N(C)CC(C)C(=O)NC)c(Cl)c1. The zero-order valence-corrected chi connectivity index (χ0v) is 14.1. The van der Waals surface area contributed by atoms with Crippen LogP contribution in [0.4, 0.5) is 5.69 Å². The summed E-state index contributed by atoms with van der Waals surface area (Å²) < 4.78 is 0. The average Bonchev–Trinajstić information content (AvgIpc) is 2.46. The van der Waals surface area contributed by atoms with E-state index in [0.29, 0.717) is 6.54 Å². The van der Waals surface area contributed by atoms with Crippen LogP contribution < -0.4 is 15.5 Å². The van der Waals surface area contributed by atoms with E-state index in [-0.39, 0.29) is 11.8 Å². The van der Waals surface area contributed by atoms with E-state index in [1.54, 1.807) is 7.05 Å². The first-order valence-corrected chi connectivity index (χ1v) is 7.79. The molecule has 1 unspecified atom stereocenters. The lowest BCUT2D eigenvalue weighted by Crippen LogP contribution is -2.34. The van der Waals surface area contributed by atoms with Gasteiger partial charge in [-0.25, -0.2) is 0 Å². The van der Waals surface area contributed by atoms with Crippen LogP contribution in [0.3, 0.4) is 0 Å². The maximum absolute atomic E-state index is 11.6. The predicted molar refractivity (Wildman–Crippen MR) is 90.0 cm³/mol. The van der Waals surface area contributed by atoms with Gasteiger partial charge in [-0.1, -0.05) is 31.5 Å². The topological polar surface area (TPSA) is 44.4 Å². The van der Waals surface area contributed by atoms with Gasteiger partial charge in [-0.3, -0.25) is 4.79 Å². The lowest BCUT2D eigenvalue weighted by Gasteiger charge is -2.24. The molecule has 0 bridgehead atoms. The Morgan fingerprint density at radius 1 is 1.43 bits per heavy atom. The summed E-state index contributed by atoms with van der Waals surface area (Å²) in [6, 6.07) is 6.08. The molecule has 0 aliphatic carbocycles. The molecule has 0 radical (unpaired) electrons. The van der Waals surface area contributed by atoms with Gasteiger partial charge in [0.05, 0.1) is 16.6 Å². The summed E-state index contributed by atoms with van der Waals surface area (Å²) >= 11 is 6.36. The molecule has 4 nitrogen and oxygen atoms in total. The summed E-state index contributed by atoms with van der Waals surface area (Å²) in [6.45, 7) is 6.51. The standard InChI is InChI=1S/C16H26ClN3O/c1-5-8-19-10-13-6-7-15(14(17)9-13)20(4)11-12(2)16(21)18-3/h6-7,9,12,19H,5,8,10-11H2,1-4H3,(H,18,21). The average molecular weight is 312 g/mol. The molecule has 0 fully saturated rings.